The molecular formula is C21H27N5O2S. The molecule has 7 nitrogen and oxygen atoms in total. The second-order valence-corrected chi connectivity index (χ2v) is 8.74. The van der Waals surface area contributed by atoms with Crippen LogP contribution in [0.3, 0.4) is 0 Å². The summed E-state index contributed by atoms with van der Waals surface area (Å²) in [7, 11) is 0. The van der Waals surface area contributed by atoms with E-state index in [0.717, 1.165) is 43.8 Å². The summed E-state index contributed by atoms with van der Waals surface area (Å²) in [5, 5.41) is 13.0. The molecule has 154 valence electrons. The molecule has 0 saturated carbocycles. The monoisotopic (exact) mass is 413 g/mol. The Labute approximate surface area is 175 Å². The van der Waals surface area contributed by atoms with Crippen molar-refractivity contribution in [3.8, 4) is 0 Å². The van der Waals surface area contributed by atoms with E-state index >= 15 is 0 Å². The SMILES string of the molecule is CC(CCc1ccccc1)NC(=O)C1CCCN1c1nnc(N2CCCC2=O)s1. The Bertz CT molecular complexity index is 856. The van der Waals surface area contributed by atoms with Gasteiger partial charge in [-0.25, -0.2) is 0 Å². The Balaban J connectivity index is 1.34. The van der Waals surface area contributed by atoms with Crippen molar-refractivity contribution >= 4 is 33.4 Å². The fourth-order valence-corrected chi connectivity index (χ4v) is 4.96. The summed E-state index contributed by atoms with van der Waals surface area (Å²) in [6, 6.07) is 10.2. The van der Waals surface area contributed by atoms with Gasteiger partial charge in [0.15, 0.2) is 0 Å². The number of aryl methyl sites for hydroxylation is 1. The lowest BCUT2D eigenvalue weighted by molar-refractivity contribution is -0.122. The van der Waals surface area contributed by atoms with Gasteiger partial charge in [0.2, 0.25) is 22.1 Å². The van der Waals surface area contributed by atoms with Crippen LogP contribution in [0.15, 0.2) is 30.3 Å². The van der Waals surface area contributed by atoms with E-state index < -0.39 is 0 Å². The van der Waals surface area contributed by atoms with E-state index in [1.165, 1.54) is 16.9 Å². The zero-order chi connectivity index (χ0) is 20.2. The van der Waals surface area contributed by atoms with E-state index in [9.17, 15) is 9.59 Å². The zero-order valence-corrected chi connectivity index (χ0v) is 17.5. The number of carbonyl (C=O) groups excluding carboxylic acids is 2. The first kappa shape index (κ1) is 19.8. The van der Waals surface area contributed by atoms with E-state index in [1.807, 2.05) is 23.1 Å². The molecule has 1 N–H and O–H groups in total. The number of nitrogens with zero attached hydrogens (tertiary/aromatic N) is 4. The van der Waals surface area contributed by atoms with Crippen LogP contribution >= 0.6 is 11.3 Å². The lowest BCUT2D eigenvalue weighted by atomic mass is 10.1. The fourth-order valence-electron chi connectivity index (χ4n) is 3.99. The van der Waals surface area contributed by atoms with E-state index in [2.05, 4.69) is 34.6 Å². The number of rotatable bonds is 7. The number of benzene rings is 1. The highest BCUT2D eigenvalue weighted by molar-refractivity contribution is 7.19. The van der Waals surface area contributed by atoms with E-state index in [-0.39, 0.29) is 23.9 Å². The summed E-state index contributed by atoms with van der Waals surface area (Å²) >= 11 is 1.41. The lowest BCUT2D eigenvalue weighted by Crippen LogP contribution is -2.46. The zero-order valence-electron chi connectivity index (χ0n) is 16.7. The predicted octanol–water partition coefficient (Wildman–Crippen LogP) is 2.77. The molecule has 2 aromatic rings. The predicted molar refractivity (Wildman–Crippen MR) is 114 cm³/mol. The minimum atomic E-state index is -0.218. The average Bonchev–Trinajstić information content (AvgIpc) is 3.46. The standard InChI is InChI=1S/C21H27N5O2S/c1-15(11-12-16-7-3-2-4-8-16)22-19(28)17-9-5-13-25(17)20-23-24-21(29-20)26-14-6-10-18(26)27/h2-4,7-8,15,17H,5-6,9-14H2,1H3,(H,22,28). The van der Waals surface area contributed by atoms with Crippen LogP contribution in [0.25, 0.3) is 0 Å². The minimum Gasteiger partial charge on any atom is -0.352 e. The summed E-state index contributed by atoms with van der Waals surface area (Å²) in [6.45, 7) is 3.55. The molecule has 3 heterocycles. The molecule has 2 aliphatic rings. The highest BCUT2D eigenvalue weighted by Gasteiger charge is 2.34. The first-order valence-corrected chi connectivity index (χ1v) is 11.2. The van der Waals surface area contributed by atoms with Gasteiger partial charge in [0, 0.05) is 25.6 Å². The largest absolute Gasteiger partial charge is 0.352 e. The topological polar surface area (TPSA) is 78.4 Å². The number of anilines is 2. The van der Waals surface area contributed by atoms with Crippen molar-refractivity contribution < 1.29 is 9.59 Å². The minimum absolute atomic E-state index is 0.0528. The van der Waals surface area contributed by atoms with Crippen molar-refractivity contribution in [3.05, 3.63) is 35.9 Å². The molecule has 2 atom stereocenters. The van der Waals surface area contributed by atoms with E-state index in [4.69, 9.17) is 0 Å². The second kappa shape index (κ2) is 8.90. The maximum absolute atomic E-state index is 12.9. The Morgan fingerprint density at radius 3 is 2.76 bits per heavy atom. The van der Waals surface area contributed by atoms with Crippen LogP contribution < -0.4 is 15.1 Å². The van der Waals surface area contributed by atoms with E-state index in [0.29, 0.717) is 18.1 Å². The van der Waals surface area contributed by atoms with Gasteiger partial charge >= 0.3 is 0 Å². The molecule has 0 bridgehead atoms. The highest BCUT2D eigenvalue weighted by atomic mass is 32.1. The van der Waals surface area contributed by atoms with Gasteiger partial charge in [0.05, 0.1) is 0 Å². The molecule has 8 heteroatoms. The Kier molecular flexibility index (Phi) is 6.08. The lowest BCUT2D eigenvalue weighted by Gasteiger charge is -2.24. The first-order chi connectivity index (χ1) is 14.1. The summed E-state index contributed by atoms with van der Waals surface area (Å²) in [4.78, 5) is 28.6. The van der Waals surface area contributed by atoms with Gasteiger partial charge < -0.3 is 10.2 Å². The second-order valence-electron chi connectivity index (χ2n) is 7.80. The molecule has 1 aromatic carbocycles. The van der Waals surface area contributed by atoms with Crippen LogP contribution in [0.4, 0.5) is 10.3 Å². The van der Waals surface area contributed by atoms with Crippen LogP contribution in [0.5, 0.6) is 0 Å². The fraction of sp³-hybridized carbons (Fsp3) is 0.524. The van der Waals surface area contributed by atoms with Crippen LogP contribution in [-0.4, -0.2) is 47.2 Å². The molecule has 0 spiro atoms. The van der Waals surface area contributed by atoms with Crippen molar-refractivity contribution in [3.63, 3.8) is 0 Å². The van der Waals surface area contributed by atoms with Crippen molar-refractivity contribution in [1.82, 2.24) is 15.5 Å². The molecule has 2 unspecified atom stereocenters. The number of aromatic nitrogens is 2. The van der Waals surface area contributed by atoms with E-state index in [1.54, 1.807) is 4.90 Å². The van der Waals surface area contributed by atoms with Gasteiger partial charge in [0.25, 0.3) is 0 Å². The summed E-state index contributed by atoms with van der Waals surface area (Å²) in [5.74, 6) is 0.160. The Morgan fingerprint density at radius 1 is 1.21 bits per heavy atom. The van der Waals surface area contributed by atoms with Crippen LogP contribution in [-0.2, 0) is 16.0 Å². The van der Waals surface area contributed by atoms with Crippen LogP contribution in [0, 0.1) is 0 Å². The third kappa shape index (κ3) is 4.58. The normalized spacial score (nSPS) is 20.3. The Morgan fingerprint density at radius 2 is 2.00 bits per heavy atom. The van der Waals surface area contributed by atoms with Gasteiger partial charge in [-0.2, -0.15) is 0 Å². The van der Waals surface area contributed by atoms with Gasteiger partial charge in [-0.1, -0.05) is 41.7 Å². The maximum atomic E-state index is 12.9. The van der Waals surface area contributed by atoms with Crippen LogP contribution in [0.2, 0.25) is 0 Å². The Hall–Kier alpha value is -2.48. The van der Waals surface area contributed by atoms with Crippen molar-refractivity contribution in [1.29, 1.82) is 0 Å². The third-order valence-electron chi connectivity index (χ3n) is 5.61. The summed E-state index contributed by atoms with van der Waals surface area (Å²) in [5.41, 5.74) is 1.29. The number of amides is 2. The molecule has 0 radical (unpaired) electrons. The molecule has 29 heavy (non-hydrogen) atoms. The smallest absolute Gasteiger partial charge is 0.242 e. The van der Waals surface area contributed by atoms with Crippen molar-refractivity contribution in [2.45, 2.75) is 57.5 Å². The molecule has 2 aliphatic heterocycles. The highest BCUT2D eigenvalue weighted by Crippen LogP contribution is 2.33. The van der Waals surface area contributed by atoms with Crippen molar-refractivity contribution in [2.24, 2.45) is 0 Å². The van der Waals surface area contributed by atoms with Gasteiger partial charge in [-0.15, -0.1) is 10.2 Å². The quantitative estimate of drug-likeness (QED) is 0.755. The van der Waals surface area contributed by atoms with Crippen molar-refractivity contribution in [2.75, 3.05) is 22.9 Å². The van der Waals surface area contributed by atoms with Gasteiger partial charge in [0.1, 0.15) is 6.04 Å². The third-order valence-corrected chi connectivity index (χ3v) is 6.59. The molecule has 4 rings (SSSR count). The van der Waals surface area contributed by atoms with Gasteiger partial charge in [-0.3, -0.25) is 14.5 Å². The number of hydrogen-bond acceptors (Lipinski definition) is 6. The van der Waals surface area contributed by atoms with Crippen LogP contribution in [0.1, 0.15) is 44.6 Å². The number of carbonyl (C=O) groups is 2. The molecule has 2 saturated heterocycles. The molecule has 1 aromatic heterocycles. The maximum Gasteiger partial charge on any atom is 0.242 e. The average molecular weight is 414 g/mol. The number of nitrogens with one attached hydrogen (secondary N) is 1. The summed E-state index contributed by atoms with van der Waals surface area (Å²) in [6.07, 6.45) is 5.06. The molecular weight excluding hydrogens is 386 g/mol. The first-order valence-electron chi connectivity index (χ1n) is 10.4. The molecule has 0 aliphatic carbocycles. The molecule has 2 amide bonds. The van der Waals surface area contributed by atoms with Gasteiger partial charge in [-0.05, 0) is 44.6 Å². The molecule has 2 fully saturated rings. The number of hydrogen-bond donors (Lipinski definition) is 1. The summed E-state index contributed by atoms with van der Waals surface area (Å²) < 4.78 is 0.